The molecule has 2 heterocycles. The molecule has 7 heteroatoms. The number of hydrogen-bond acceptors (Lipinski definition) is 5. The molecular formula is C7H7N3O2S2. The van der Waals surface area contributed by atoms with E-state index < -0.39 is 10.0 Å². The van der Waals surface area contributed by atoms with Crippen molar-refractivity contribution < 1.29 is 8.42 Å². The van der Waals surface area contributed by atoms with Crippen molar-refractivity contribution in [3.05, 3.63) is 29.8 Å². The number of anilines is 1. The Morgan fingerprint density at radius 1 is 1.43 bits per heavy atom. The largest absolute Gasteiger partial charge is 0.382 e. The summed E-state index contributed by atoms with van der Waals surface area (Å²) in [6, 6.07) is 4.63. The molecule has 0 saturated carbocycles. The first-order valence-corrected chi connectivity index (χ1v) is 6.03. The van der Waals surface area contributed by atoms with Gasteiger partial charge in [-0.3, -0.25) is 0 Å². The quantitative estimate of drug-likeness (QED) is 0.824. The van der Waals surface area contributed by atoms with Crippen LogP contribution in [0.2, 0.25) is 0 Å². The lowest BCUT2D eigenvalue weighted by Gasteiger charge is -1.99. The normalized spacial score (nSPS) is 11.7. The Kier molecular flexibility index (Phi) is 2.05. The van der Waals surface area contributed by atoms with Crippen LogP contribution in [0.4, 0.5) is 5.82 Å². The molecule has 0 aliphatic rings. The van der Waals surface area contributed by atoms with E-state index in [0.29, 0.717) is 0 Å². The molecule has 5 nitrogen and oxygen atoms in total. The second kappa shape index (κ2) is 3.10. The lowest BCUT2D eigenvalue weighted by Crippen LogP contribution is -2.12. The monoisotopic (exact) mass is 229 g/mol. The summed E-state index contributed by atoms with van der Waals surface area (Å²) in [4.78, 5) is 0. The third-order valence-electron chi connectivity index (χ3n) is 1.58. The summed E-state index contributed by atoms with van der Waals surface area (Å²) >= 11 is 1.14. The van der Waals surface area contributed by atoms with Gasteiger partial charge in [-0.2, -0.15) is 12.5 Å². The van der Waals surface area contributed by atoms with Crippen molar-refractivity contribution in [3.8, 4) is 0 Å². The van der Waals surface area contributed by atoms with E-state index in [4.69, 9.17) is 5.73 Å². The maximum Gasteiger partial charge on any atom is 0.292 e. The van der Waals surface area contributed by atoms with Crippen molar-refractivity contribution in [1.29, 1.82) is 0 Å². The van der Waals surface area contributed by atoms with E-state index in [-0.39, 0.29) is 10.0 Å². The van der Waals surface area contributed by atoms with Gasteiger partial charge in [0.15, 0.2) is 0 Å². The molecule has 0 fully saturated rings. The third kappa shape index (κ3) is 1.40. The average molecular weight is 229 g/mol. The Hall–Kier alpha value is -1.34. The minimum absolute atomic E-state index is 0.185. The number of aromatic nitrogens is 2. The van der Waals surface area contributed by atoms with Gasteiger partial charge in [-0.05, 0) is 11.4 Å². The molecule has 0 bridgehead atoms. The fraction of sp³-hybridized carbons (Fsp3) is 0. The van der Waals surface area contributed by atoms with Gasteiger partial charge < -0.3 is 5.73 Å². The van der Waals surface area contributed by atoms with Gasteiger partial charge in [0.1, 0.15) is 10.0 Å². The third-order valence-corrected chi connectivity index (χ3v) is 4.51. The predicted molar refractivity (Wildman–Crippen MR) is 53.5 cm³/mol. The smallest absolute Gasteiger partial charge is 0.292 e. The van der Waals surface area contributed by atoms with Crippen molar-refractivity contribution in [1.82, 2.24) is 9.19 Å². The van der Waals surface area contributed by atoms with E-state index >= 15 is 0 Å². The zero-order chi connectivity index (χ0) is 10.2. The highest BCUT2D eigenvalue weighted by molar-refractivity contribution is 7.91. The lowest BCUT2D eigenvalue weighted by molar-refractivity contribution is 0.582. The van der Waals surface area contributed by atoms with Gasteiger partial charge >= 0.3 is 0 Å². The summed E-state index contributed by atoms with van der Waals surface area (Å²) in [5.41, 5.74) is 5.34. The second-order valence-corrected chi connectivity index (χ2v) is 5.52. The van der Waals surface area contributed by atoms with Gasteiger partial charge in [0.25, 0.3) is 10.0 Å². The molecule has 0 amide bonds. The van der Waals surface area contributed by atoms with Crippen molar-refractivity contribution in [2.24, 2.45) is 0 Å². The molecule has 0 aromatic carbocycles. The Balaban J connectivity index is 2.54. The van der Waals surface area contributed by atoms with Crippen LogP contribution in [0.15, 0.2) is 34.0 Å². The van der Waals surface area contributed by atoms with Crippen molar-refractivity contribution >= 4 is 27.2 Å². The zero-order valence-electron chi connectivity index (χ0n) is 6.99. The van der Waals surface area contributed by atoms with Crippen molar-refractivity contribution in [2.75, 3.05) is 5.73 Å². The summed E-state index contributed by atoms with van der Waals surface area (Å²) in [6.45, 7) is 0. The summed E-state index contributed by atoms with van der Waals surface area (Å²) in [6.07, 6.45) is 1.32. The first-order chi connectivity index (χ1) is 6.60. The van der Waals surface area contributed by atoms with Gasteiger partial charge in [-0.1, -0.05) is 6.07 Å². The van der Waals surface area contributed by atoms with E-state index in [1.165, 1.54) is 18.3 Å². The van der Waals surface area contributed by atoms with Crippen LogP contribution in [0, 0.1) is 0 Å². The molecule has 0 spiro atoms. The van der Waals surface area contributed by atoms with Gasteiger partial charge in [0.2, 0.25) is 0 Å². The lowest BCUT2D eigenvalue weighted by atomic mass is 10.7. The van der Waals surface area contributed by atoms with Crippen LogP contribution in [0.5, 0.6) is 0 Å². The Morgan fingerprint density at radius 2 is 2.21 bits per heavy atom. The molecule has 0 aliphatic heterocycles. The molecule has 2 aromatic rings. The maximum atomic E-state index is 11.8. The zero-order valence-corrected chi connectivity index (χ0v) is 8.62. The molecule has 2 N–H and O–H groups in total. The van der Waals surface area contributed by atoms with Crippen LogP contribution in [0.3, 0.4) is 0 Å². The van der Waals surface area contributed by atoms with Gasteiger partial charge in [-0.25, -0.2) is 0 Å². The molecule has 0 radical (unpaired) electrons. The van der Waals surface area contributed by atoms with Crippen LogP contribution < -0.4 is 5.73 Å². The van der Waals surface area contributed by atoms with Crippen LogP contribution >= 0.6 is 11.3 Å². The fourth-order valence-corrected chi connectivity index (χ4v) is 3.15. The van der Waals surface area contributed by atoms with Gasteiger partial charge in [0.05, 0.1) is 0 Å². The molecule has 74 valence electrons. The summed E-state index contributed by atoms with van der Waals surface area (Å²) < 4.78 is 24.6. The highest BCUT2D eigenvalue weighted by atomic mass is 32.2. The second-order valence-electron chi connectivity index (χ2n) is 2.55. The molecule has 2 rings (SSSR count). The number of thiophene rings is 1. The first-order valence-electron chi connectivity index (χ1n) is 3.71. The van der Waals surface area contributed by atoms with E-state index in [9.17, 15) is 8.42 Å². The van der Waals surface area contributed by atoms with Crippen molar-refractivity contribution in [2.45, 2.75) is 4.21 Å². The maximum absolute atomic E-state index is 11.8. The van der Waals surface area contributed by atoms with Crippen LogP contribution in [0.25, 0.3) is 0 Å². The Bertz CT molecular complexity index is 527. The summed E-state index contributed by atoms with van der Waals surface area (Å²) in [5.74, 6) is 0.185. The van der Waals surface area contributed by atoms with Crippen LogP contribution in [-0.4, -0.2) is 17.6 Å². The van der Waals surface area contributed by atoms with E-state index in [1.807, 2.05) is 0 Å². The molecule has 0 saturated heterocycles. The predicted octanol–water partition coefficient (Wildman–Crippen LogP) is 0.764. The molecule has 2 aromatic heterocycles. The topological polar surface area (TPSA) is 78.0 Å². The standard InChI is InChI=1S/C7H7N3O2S2/c8-6-3-4-10(9-6)14(11,12)7-2-1-5-13-7/h1-5H,(H2,8,9). The minimum atomic E-state index is -3.53. The Morgan fingerprint density at radius 3 is 2.71 bits per heavy atom. The summed E-state index contributed by atoms with van der Waals surface area (Å²) in [5, 5.41) is 5.35. The number of nitrogen functional groups attached to an aromatic ring is 1. The molecule has 14 heavy (non-hydrogen) atoms. The molecular weight excluding hydrogens is 222 g/mol. The van der Waals surface area contributed by atoms with E-state index in [1.54, 1.807) is 11.4 Å². The fourth-order valence-electron chi connectivity index (χ4n) is 0.957. The molecule has 0 aliphatic carbocycles. The average Bonchev–Trinajstić information content (AvgIpc) is 2.72. The van der Waals surface area contributed by atoms with E-state index in [0.717, 1.165) is 15.4 Å². The molecule has 0 unspecified atom stereocenters. The molecule has 0 atom stereocenters. The number of nitrogens with two attached hydrogens (primary N) is 1. The number of nitrogens with zero attached hydrogens (tertiary/aromatic N) is 2. The minimum Gasteiger partial charge on any atom is -0.382 e. The summed E-state index contributed by atoms with van der Waals surface area (Å²) in [7, 11) is -3.53. The van der Waals surface area contributed by atoms with Crippen LogP contribution in [0.1, 0.15) is 0 Å². The highest BCUT2D eigenvalue weighted by Crippen LogP contribution is 2.18. The SMILES string of the molecule is Nc1ccn(S(=O)(=O)c2cccs2)n1. The number of rotatable bonds is 2. The number of hydrogen-bond donors (Lipinski definition) is 1. The Labute approximate surface area is 84.8 Å². The van der Waals surface area contributed by atoms with Crippen LogP contribution in [-0.2, 0) is 10.0 Å². The van der Waals surface area contributed by atoms with Crippen molar-refractivity contribution in [3.63, 3.8) is 0 Å². The van der Waals surface area contributed by atoms with Gasteiger partial charge in [0, 0.05) is 12.3 Å². The van der Waals surface area contributed by atoms with E-state index in [2.05, 4.69) is 5.10 Å². The first kappa shape index (κ1) is 9.22. The van der Waals surface area contributed by atoms with Gasteiger partial charge in [-0.15, -0.1) is 16.4 Å². The highest BCUT2D eigenvalue weighted by Gasteiger charge is 2.18.